The molecule has 290 valence electrons. The molecular formula is C57H37N5. The Bertz CT molecular complexity index is 4170. The second-order valence-electron chi connectivity index (χ2n) is 14.5. The molecule has 9 aromatic carbocycles. The van der Waals surface area contributed by atoms with Crippen molar-refractivity contribution < 1.29 is 21.9 Å². The van der Waals surface area contributed by atoms with Crippen LogP contribution in [-0.4, -0.2) is 24.1 Å². The van der Waals surface area contributed by atoms with Crippen LogP contribution in [0.15, 0.2) is 224 Å². The lowest BCUT2D eigenvalue weighted by Gasteiger charge is -2.15. The molecule has 12 aromatic rings. The summed E-state index contributed by atoms with van der Waals surface area (Å²) in [4.78, 5) is 14.7. The molecule has 0 amide bonds. The summed E-state index contributed by atoms with van der Waals surface area (Å²) < 4.78 is 145. The quantitative estimate of drug-likeness (QED) is 0.161. The van der Waals surface area contributed by atoms with E-state index >= 15 is 0 Å². The second-order valence-corrected chi connectivity index (χ2v) is 14.5. The summed E-state index contributed by atoms with van der Waals surface area (Å²) in [6.45, 7) is 0. The molecule has 3 aromatic heterocycles. The van der Waals surface area contributed by atoms with Crippen molar-refractivity contribution in [1.29, 1.82) is 0 Å². The van der Waals surface area contributed by atoms with Gasteiger partial charge >= 0.3 is 0 Å². The Balaban J connectivity index is 1.16. The van der Waals surface area contributed by atoms with E-state index in [1.165, 1.54) is 0 Å². The molecule has 5 heteroatoms. The second kappa shape index (κ2) is 14.7. The van der Waals surface area contributed by atoms with Gasteiger partial charge in [0.25, 0.3) is 0 Å². The monoisotopic (exact) mass is 807 g/mol. The van der Waals surface area contributed by atoms with Crippen LogP contribution in [-0.2, 0) is 0 Å². The Morgan fingerprint density at radius 1 is 0.306 bits per heavy atom. The van der Waals surface area contributed by atoms with Crippen LogP contribution in [0.4, 0.5) is 0 Å². The fraction of sp³-hybridized carbons (Fsp3) is 0. The van der Waals surface area contributed by atoms with Crippen molar-refractivity contribution in [2.45, 2.75) is 0 Å². The van der Waals surface area contributed by atoms with E-state index in [1.807, 2.05) is 66.7 Å². The van der Waals surface area contributed by atoms with Gasteiger partial charge in [0.2, 0.25) is 11.9 Å². The number of para-hydroxylation sites is 4. The number of fused-ring (bicyclic) bond motifs is 6. The molecule has 0 aliphatic rings. The smallest absolute Gasteiger partial charge is 0.240 e. The molecule has 0 fully saturated rings. The molecule has 0 unspecified atom stereocenters. The van der Waals surface area contributed by atoms with Crippen LogP contribution < -0.4 is 0 Å². The molecule has 0 saturated carbocycles. The summed E-state index contributed by atoms with van der Waals surface area (Å²) in [6.07, 6.45) is 0. The fourth-order valence-corrected chi connectivity index (χ4v) is 8.08. The van der Waals surface area contributed by atoms with Gasteiger partial charge in [0.05, 0.1) is 44.0 Å². The first-order chi connectivity index (χ1) is 37.4. The zero-order chi connectivity index (χ0) is 54.9. The average Bonchev–Trinajstić information content (AvgIpc) is 4.27. The van der Waals surface area contributed by atoms with Gasteiger partial charge < -0.3 is 0 Å². The van der Waals surface area contributed by atoms with Crippen LogP contribution in [0.3, 0.4) is 0 Å². The lowest BCUT2D eigenvalue weighted by atomic mass is 9.92. The van der Waals surface area contributed by atoms with E-state index in [9.17, 15) is 5.48 Å². The minimum absolute atomic E-state index is 0.147. The number of hydrogen-bond donors (Lipinski definition) is 0. The highest BCUT2D eigenvalue weighted by Crippen LogP contribution is 2.38. The third-order valence-electron chi connectivity index (χ3n) is 10.9. The number of rotatable bonds is 7. The lowest BCUT2D eigenvalue weighted by Crippen LogP contribution is -2.10. The van der Waals surface area contributed by atoms with Crippen molar-refractivity contribution >= 4 is 43.6 Å². The summed E-state index contributed by atoms with van der Waals surface area (Å²) >= 11 is 0. The lowest BCUT2D eigenvalue weighted by molar-refractivity contribution is 0.893. The van der Waals surface area contributed by atoms with Crippen LogP contribution in [0.5, 0.6) is 0 Å². The molecule has 0 atom stereocenters. The number of aromatic nitrogens is 5. The SMILES string of the molecule is [2H]c1c([2H])c([2H])c2c(c1[2H])c1c([2H])c([2H])c([2H])c([2H])c1n2-c1nc(-c2ccccc2-c2ccc(-c3cc(-c4ccccc4)cc(-c4ccccc4)c3)cc2)nc(-n2c3c([2H])c([2H])c([2H])c([2H])c3c3c([2H])c([2H])c([2H])c([2H])c32)n1. The van der Waals surface area contributed by atoms with Crippen LogP contribution >= 0.6 is 0 Å². The van der Waals surface area contributed by atoms with Gasteiger partial charge in [0, 0.05) is 27.1 Å². The Morgan fingerprint density at radius 2 is 0.645 bits per heavy atom. The third kappa shape index (κ3) is 5.98. The maximum Gasteiger partial charge on any atom is 0.240 e. The van der Waals surface area contributed by atoms with Crippen LogP contribution in [0.25, 0.3) is 111 Å². The van der Waals surface area contributed by atoms with Gasteiger partial charge in [-0.3, -0.25) is 9.13 Å². The van der Waals surface area contributed by atoms with Gasteiger partial charge in [-0.1, -0.05) is 182 Å². The third-order valence-corrected chi connectivity index (χ3v) is 10.9. The molecule has 0 aliphatic carbocycles. The fourth-order valence-electron chi connectivity index (χ4n) is 8.08. The summed E-state index contributed by atoms with van der Waals surface area (Å²) in [7, 11) is 0. The highest BCUT2D eigenvalue weighted by atomic mass is 15.3. The zero-order valence-corrected chi connectivity index (χ0v) is 32.4. The summed E-state index contributed by atoms with van der Waals surface area (Å²) in [6, 6.07) is 30.9. The van der Waals surface area contributed by atoms with Crippen molar-refractivity contribution in [2.75, 3.05) is 0 Å². The Morgan fingerprint density at radius 3 is 1.06 bits per heavy atom. The van der Waals surface area contributed by atoms with E-state index in [0.29, 0.717) is 16.7 Å². The van der Waals surface area contributed by atoms with Gasteiger partial charge in [-0.05, 0) is 86.9 Å². The van der Waals surface area contributed by atoms with Crippen LogP contribution in [0.1, 0.15) is 21.9 Å². The molecule has 3 heterocycles. The average molecular weight is 808 g/mol. The minimum Gasteiger partial charge on any atom is -0.278 e. The predicted octanol–water partition coefficient (Wildman–Crippen LogP) is 14.4. The van der Waals surface area contributed by atoms with Crippen molar-refractivity contribution in [3.63, 3.8) is 0 Å². The van der Waals surface area contributed by atoms with Crippen molar-refractivity contribution in [2.24, 2.45) is 0 Å². The standard InChI is InChI=1S/C57H37N5/c1-3-17-38(18-4-1)42-35-43(39-19-5-2-6-20-39)37-44(36-42)40-31-33-41(34-32-40)45-21-7-8-26-50(45)55-58-56(61-51-27-13-9-22-46(51)47-23-10-14-28-52(47)61)60-57(59-55)62-53-29-15-11-24-48(53)49-25-12-16-30-54(49)62/h1-37H/i9D,10D,11D,12D,13D,14D,15D,16D,22D,23D,24D,25D,27D,28D,29D,30D. The molecule has 0 N–H and O–H groups in total. The molecule has 0 radical (unpaired) electrons. The van der Waals surface area contributed by atoms with E-state index in [1.54, 1.807) is 18.2 Å². The molecular weight excluding hydrogens is 755 g/mol. The molecule has 0 bridgehead atoms. The van der Waals surface area contributed by atoms with Gasteiger partial charge in [-0.2, -0.15) is 15.0 Å². The first-order valence-electron chi connectivity index (χ1n) is 27.6. The predicted molar refractivity (Wildman–Crippen MR) is 256 cm³/mol. The first-order valence-corrected chi connectivity index (χ1v) is 19.6. The van der Waals surface area contributed by atoms with Gasteiger partial charge in [0.15, 0.2) is 5.82 Å². The van der Waals surface area contributed by atoms with E-state index in [4.69, 9.17) is 31.4 Å². The summed E-state index contributed by atoms with van der Waals surface area (Å²) in [5.74, 6) is -1.09. The Hall–Kier alpha value is -8.41. The van der Waals surface area contributed by atoms with Gasteiger partial charge in [0.1, 0.15) is 0 Å². The van der Waals surface area contributed by atoms with Crippen LogP contribution in [0.2, 0.25) is 0 Å². The first kappa shape index (κ1) is 22.8. The topological polar surface area (TPSA) is 48.5 Å². The molecule has 0 aliphatic heterocycles. The van der Waals surface area contributed by atoms with Crippen molar-refractivity contribution in [3.05, 3.63) is 224 Å². The maximum atomic E-state index is 9.28. The zero-order valence-electron chi connectivity index (χ0n) is 48.4. The highest BCUT2D eigenvalue weighted by Gasteiger charge is 2.21. The Kier molecular flexibility index (Phi) is 5.41. The van der Waals surface area contributed by atoms with Crippen molar-refractivity contribution in [3.8, 4) is 67.8 Å². The maximum absolute atomic E-state index is 9.28. The molecule has 0 saturated heterocycles. The van der Waals surface area contributed by atoms with Crippen LogP contribution in [0, 0.1) is 0 Å². The normalized spacial score (nSPS) is 15.2. The molecule has 0 spiro atoms. The summed E-state index contributed by atoms with van der Waals surface area (Å²) in [5, 5.41) is -1.07. The molecule has 5 nitrogen and oxygen atoms in total. The minimum atomic E-state index is -0.701. The van der Waals surface area contributed by atoms with E-state index in [2.05, 4.69) is 42.5 Å². The van der Waals surface area contributed by atoms with Gasteiger partial charge in [-0.15, -0.1) is 0 Å². The number of hydrogen-bond acceptors (Lipinski definition) is 3. The molecule has 62 heavy (non-hydrogen) atoms. The van der Waals surface area contributed by atoms with E-state index < -0.39 is 109 Å². The number of nitrogens with zero attached hydrogens (tertiary/aromatic N) is 5. The Labute approximate surface area is 381 Å². The highest BCUT2D eigenvalue weighted by molar-refractivity contribution is 6.10. The molecule has 12 rings (SSSR count). The number of benzene rings is 9. The van der Waals surface area contributed by atoms with Crippen molar-refractivity contribution in [1.82, 2.24) is 24.1 Å². The largest absolute Gasteiger partial charge is 0.278 e. The van der Waals surface area contributed by atoms with Gasteiger partial charge in [-0.25, -0.2) is 0 Å². The van der Waals surface area contributed by atoms with E-state index in [-0.39, 0.29) is 49.4 Å². The van der Waals surface area contributed by atoms with E-state index in [0.717, 1.165) is 42.5 Å². The summed E-state index contributed by atoms with van der Waals surface area (Å²) in [5.41, 5.74) is 6.25.